The first kappa shape index (κ1) is 61.9. The molecule has 0 aliphatic rings. The van der Waals surface area contributed by atoms with Gasteiger partial charge in [0.1, 0.15) is 13.2 Å². The van der Waals surface area contributed by atoms with E-state index in [0.29, 0.717) is 19.3 Å². The molecule has 6 heteroatoms. The Bertz CT molecular complexity index is 1230. The molecule has 0 aromatic rings. The molecule has 0 heterocycles. The van der Waals surface area contributed by atoms with Crippen LogP contribution in [0.2, 0.25) is 0 Å². The lowest BCUT2D eigenvalue weighted by molar-refractivity contribution is -0.167. The standard InChI is InChI=1S/C59H102O6/c1-4-7-10-13-16-19-22-25-27-28-29-30-32-34-37-40-43-46-49-52-58(61)64-55-56(54-63-57(60)51-48-45-42-39-36-33-24-21-18-15-12-9-6-3)65-59(62)53-50-47-44-41-38-35-31-26-23-20-17-14-11-8-5-2/h7,10,16,19,25-27,29-31,34,37,56H,4-6,8-9,11-15,17-18,20-24,28,32-33,35-36,38-55H2,1-3H3/b10-7-,19-16-,27-25-,30-29-,31-26-,37-34-/t56-/m0/s1. The topological polar surface area (TPSA) is 78.9 Å². The van der Waals surface area contributed by atoms with E-state index >= 15 is 0 Å². The molecule has 0 aromatic heterocycles. The normalized spacial score (nSPS) is 12.6. The van der Waals surface area contributed by atoms with Crippen molar-refractivity contribution in [1.82, 2.24) is 0 Å². The second kappa shape index (κ2) is 53.5. The van der Waals surface area contributed by atoms with Crippen molar-refractivity contribution in [1.29, 1.82) is 0 Å². The van der Waals surface area contributed by atoms with Gasteiger partial charge in [-0.1, -0.05) is 229 Å². The van der Waals surface area contributed by atoms with E-state index in [9.17, 15) is 14.4 Å². The molecule has 0 aliphatic carbocycles. The number of carbonyl (C=O) groups is 3. The third kappa shape index (κ3) is 51.7. The van der Waals surface area contributed by atoms with E-state index in [-0.39, 0.29) is 31.1 Å². The van der Waals surface area contributed by atoms with Crippen LogP contribution in [-0.2, 0) is 28.6 Å². The largest absolute Gasteiger partial charge is 0.462 e. The van der Waals surface area contributed by atoms with Gasteiger partial charge in [-0.15, -0.1) is 0 Å². The zero-order chi connectivity index (χ0) is 47.2. The van der Waals surface area contributed by atoms with Gasteiger partial charge in [-0.05, 0) is 89.9 Å². The fourth-order valence-electron chi connectivity index (χ4n) is 7.58. The van der Waals surface area contributed by atoms with Crippen molar-refractivity contribution in [3.63, 3.8) is 0 Å². The summed E-state index contributed by atoms with van der Waals surface area (Å²) in [7, 11) is 0. The Labute approximate surface area is 402 Å². The van der Waals surface area contributed by atoms with Crippen molar-refractivity contribution in [2.24, 2.45) is 0 Å². The molecule has 0 aromatic carbocycles. The molecule has 0 N–H and O–H groups in total. The van der Waals surface area contributed by atoms with E-state index in [2.05, 4.69) is 93.7 Å². The summed E-state index contributed by atoms with van der Waals surface area (Å²) in [6.07, 6.45) is 67.4. The predicted molar refractivity (Wildman–Crippen MR) is 279 cm³/mol. The average molecular weight is 907 g/mol. The van der Waals surface area contributed by atoms with E-state index in [0.717, 1.165) is 109 Å². The molecule has 0 bridgehead atoms. The van der Waals surface area contributed by atoms with Gasteiger partial charge in [0.15, 0.2) is 6.10 Å². The molecule has 374 valence electrons. The second-order valence-corrected chi connectivity index (χ2v) is 18.1. The van der Waals surface area contributed by atoms with Crippen LogP contribution in [0.15, 0.2) is 72.9 Å². The molecule has 0 saturated carbocycles. The molecule has 0 unspecified atom stereocenters. The molecule has 0 amide bonds. The zero-order valence-electron chi connectivity index (χ0n) is 42.7. The van der Waals surface area contributed by atoms with Gasteiger partial charge in [0.2, 0.25) is 0 Å². The van der Waals surface area contributed by atoms with Gasteiger partial charge < -0.3 is 14.2 Å². The highest BCUT2D eigenvalue weighted by molar-refractivity contribution is 5.71. The summed E-state index contributed by atoms with van der Waals surface area (Å²) in [5, 5.41) is 0. The maximum absolute atomic E-state index is 12.8. The summed E-state index contributed by atoms with van der Waals surface area (Å²) < 4.78 is 16.8. The third-order valence-electron chi connectivity index (χ3n) is 11.7. The summed E-state index contributed by atoms with van der Waals surface area (Å²) in [6, 6.07) is 0. The molecule has 0 spiro atoms. The molecule has 65 heavy (non-hydrogen) atoms. The van der Waals surface area contributed by atoms with Crippen LogP contribution in [0, 0.1) is 0 Å². The van der Waals surface area contributed by atoms with Crippen molar-refractivity contribution in [3.8, 4) is 0 Å². The quantitative estimate of drug-likeness (QED) is 0.0262. The van der Waals surface area contributed by atoms with Gasteiger partial charge in [-0.2, -0.15) is 0 Å². The lowest BCUT2D eigenvalue weighted by Gasteiger charge is -2.18. The highest BCUT2D eigenvalue weighted by Gasteiger charge is 2.19. The number of hydrogen-bond acceptors (Lipinski definition) is 6. The van der Waals surface area contributed by atoms with Crippen LogP contribution in [0.25, 0.3) is 0 Å². The fourth-order valence-corrected chi connectivity index (χ4v) is 7.58. The lowest BCUT2D eigenvalue weighted by atomic mass is 10.0. The lowest BCUT2D eigenvalue weighted by Crippen LogP contribution is -2.30. The zero-order valence-corrected chi connectivity index (χ0v) is 42.7. The van der Waals surface area contributed by atoms with Gasteiger partial charge in [0, 0.05) is 19.3 Å². The third-order valence-corrected chi connectivity index (χ3v) is 11.7. The second-order valence-electron chi connectivity index (χ2n) is 18.1. The van der Waals surface area contributed by atoms with Crippen LogP contribution < -0.4 is 0 Å². The molecule has 6 nitrogen and oxygen atoms in total. The Morgan fingerprint density at radius 2 is 0.600 bits per heavy atom. The summed E-state index contributed by atoms with van der Waals surface area (Å²) in [6.45, 7) is 6.50. The summed E-state index contributed by atoms with van der Waals surface area (Å²) in [5.41, 5.74) is 0. The summed E-state index contributed by atoms with van der Waals surface area (Å²) in [5.74, 6) is -0.923. The van der Waals surface area contributed by atoms with Crippen molar-refractivity contribution in [2.45, 2.75) is 271 Å². The van der Waals surface area contributed by atoms with Gasteiger partial charge in [0.05, 0.1) is 0 Å². The number of ether oxygens (including phenoxy) is 3. The van der Waals surface area contributed by atoms with Gasteiger partial charge >= 0.3 is 17.9 Å². The van der Waals surface area contributed by atoms with Crippen LogP contribution in [0.4, 0.5) is 0 Å². The Kier molecular flexibility index (Phi) is 50.9. The number of carbonyl (C=O) groups excluding carboxylic acids is 3. The molecule has 0 rings (SSSR count). The first-order valence-electron chi connectivity index (χ1n) is 27.4. The first-order valence-corrected chi connectivity index (χ1v) is 27.4. The van der Waals surface area contributed by atoms with Crippen LogP contribution in [0.3, 0.4) is 0 Å². The number of rotatable bonds is 49. The minimum atomic E-state index is -0.791. The van der Waals surface area contributed by atoms with Crippen molar-refractivity contribution in [2.75, 3.05) is 13.2 Å². The van der Waals surface area contributed by atoms with Gasteiger partial charge in [0.25, 0.3) is 0 Å². The number of esters is 3. The average Bonchev–Trinajstić information content (AvgIpc) is 3.30. The molecule has 0 radical (unpaired) electrons. The SMILES string of the molecule is CC/C=C\C/C=C\C/C=C\C/C=C\C/C=C\CCCCCC(=O)OC[C@H](COC(=O)CCCCCCCCCCCCCCC)OC(=O)CCCCCCC/C=C\CCCCCCCC. The van der Waals surface area contributed by atoms with E-state index in [4.69, 9.17) is 14.2 Å². The molecule has 0 aliphatic heterocycles. The van der Waals surface area contributed by atoms with E-state index in [1.165, 1.54) is 116 Å². The van der Waals surface area contributed by atoms with E-state index in [1.807, 2.05) is 0 Å². The fraction of sp³-hybridized carbons (Fsp3) is 0.746. The van der Waals surface area contributed by atoms with Gasteiger partial charge in [-0.25, -0.2) is 0 Å². The minimum absolute atomic E-state index is 0.0874. The van der Waals surface area contributed by atoms with Crippen molar-refractivity contribution >= 4 is 17.9 Å². The minimum Gasteiger partial charge on any atom is -0.462 e. The maximum atomic E-state index is 12.8. The Balaban J connectivity index is 4.44. The molecular formula is C59H102O6. The van der Waals surface area contributed by atoms with Crippen molar-refractivity contribution < 1.29 is 28.6 Å². The van der Waals surface area contributed by atoms with Crippen molar-refractivity contribution in [3.05, 3.63) is 72.9 Å². The number of hydrogen-bond donors (Lipinski definition) is 0. The Morgan fingerprint density at radius 1 is 0.323 bits per heavy atom. The maximum Gasteiger partial charge on any atom is 0.306 e. The Morgan fingerprint density at radius 3 is 0.969 bits per heavy atom. The number of allylic oxidation sites excluding steroid dienone is 12. The highest BCUT2D eigenvalue weighted by atomic mass is 16.6. The first-order chi connectivity index (χ1) is 32.0. The van der Waals surface area contributed by atoms with Gasteiger partial charge in [-0.3, -0.25) is 14.4 Å². The van der Waals surface area contributed by atoms with E-state index < -0.39 is 6.10 Å². The predicted octanol–water partition coefficient (Wildman–Crippen LogP) is 18.2. The van der Waals surface area contributed by atoms with E-state index in [1.54, 1.807) is 0 Å². The molecular weight excluding hydrogens is 805 g/mol. The smallest absolute Gasteiger partial charge is 0.306 e. The van der Waals surface area contributed by atoms with Crippen LogP contribution in [-0.4, -0.2) is 37.2 Å². The van der Waals surface area contributed by atoms with Crippen LogP contribution >= 0.6 is 0 Å². The summed E-state index contributed by atoms with van der Waals surface area (Å²) in [4.78, 5) is 38.1. The highest BCUT2D eigenvalue weighted by Crippen LogP contribution is 2.15. The number of unbranched alkanes of at least 4 members (excludes halogenated alkanes) is 26. The van der Waals surface area contributed by atoms with Crippen LogP contribution in [0.1, 0.15) is 265 Å². The monoisotopic (exact) mass is 907 g/mol. The molecule has 0 saturated heterocycles. The van der Waals surface area contributed by atoms with Crippen LogP contribution in [0.5, 0.6) is 0 Å². The molecule has 0 fully saturated rings. The Hall–Kier alpha value is -3.15. The summed E-state index contributed by atoms with van der Waals surface area (Å²) >= 11 is 0. The molecule has 1 atom stereocenters.